The van der Waals surface area contributed by atoms with Crippen molar-refractivity contribution in [2.24, 2.45) is 23.2 Å². The van der Waals surface area contributed by atoms with Crippen molar-refractivity contribution in [3.05, 3.63) is 0 Å². The summed E-state index contributed by atoms with van der Waals surface area (Å²) in [6.07, 6.45) is 13.6. The topological polar surface area (TPSA) is 15.3 Å². The molecule has 1 aliphatic heterocycles. The molecule has 102 valence electrons. The fraction of sp³-hybridized carbons (Fsp3) is 1.00. The van der Waals surface area contributed by atoms with Crippen LogP contribution in [0.5, 0.6) is 0 Å². The predicted molar refractivity (Wildman–Crippen MR) is 74.0 cm³/mol. The molecule has 2 heteroatoms. The Morgan fingerprint density at radius 1 is 0.833 bits per heavy atom. The first-order valence-corrected chi connectivity index (χ1v) is 8.30. The highest BCUT2D eigenvalue weighted by Gasteiger charge is 2.50. The van der Waals surface area contributed by atoms with Gasteiger partial charge < -0.3 is 0 Å². The molecule has 1 saturated heterocycles. The van der Waals surface area contributed by atoms with Crippen molar-refractivity contribution in [3.63, 3.8) is 0 Å². The van der Waals surface area contributed by atoms with Crippen molar-refractivity contribution in [1.29, 1.82) is 0 Å². The summed E-state index contributed by atoms with van der Waals surface area (Å²) in [7, 11) is 0. The van der Waals surface area contributed by atoms with E-state index in [0.717, 1.165) is 17.8 Å². The van der Waals surface area contributed by atoms with Crippen molar-refractivity contribution < 1.29 is 0 Å². The molecule has 4 saturated carbocycles. The average molecular weight is 248 g/mol. The van der Waals surface area contributed by atoms with E-state index in [1.165, 1.54) is 38.9 Å². The van der Waals surface area contributed by atoms with Crippen molar-refractivity contribution in [2.75, 3.05) is 19.6 Å². The molecule has 5 aliphatic rings. The fourth-order valence-corrected chi connectivity index (χ4v) is 5.84. The van der Waals surface area contributed by atoms with Gasteiger partial charge in [-0.15, -0.1) is 0 Å². The van der Waals surface area contributed by atoms with E-state index in [2.05, 4.69) is 10.4 Å². The third-order valence-corrected chi connectivity index (χ3v) is 6.20. The standard InChI is InChI=1S/C16H28N2/c1-2-4-18(5-3-1)17-12-16-9-13-6-14(10-16)8-15(7-13)11-16/h13-15,17H,1-12H2. The maximum atomic E-state index is 3.81. The Morgan fingerprint density at radius 2 is 1.39 bits per heavy atom. The van der Waals surface area contributed by atoms with Gasteiger partial charge in [0.05, 0.1) is 0 Å². The van der Waals surface area contributed by atoms with Crippen LogP contribution in [0.2, 0.25) is 0 Å². The molecule has 5 fully saturated rings. The average Bonchev–Trinajstić information content (AvgIpc) is 2.36. The van der Waals surface area contributed by atoms with Crippen molar-refractivity contribution in [2.45, 2.75) is 57.8 Å². The number of rotatable bonds is 3. The lowest BCUT2D eigenvalue weighted by Crippen LogP contribution is -2.53. The highest BCUT2D eigenvalue weighted by Crippen LogP contribution is 2.59. The fourth-order valence-electron chi connectivity index (χ4n) is 5.84. The lowest BCUT2D eigenvalue weighted by atomic mass is 9.49. The van der Waals surface area contributed by atoms with E-state index < -0.39 is 0 Å². The third-order valence-electron chi connectivity index (χ3n) is 6.20. The van der Waals surface area contributed by atoms with Gasteiger partial charge in [0, 0.05) is 19.6 Å². The molecule has 0 unspecified atom stereocenters. The normalized spacial score (nSPS) is 47.7. The Labute approximate surface area is 111 Å². The Morgan fingerprint density at radius 3 is 1.94 bits per heavy atom. The van der Waals surface area contributed by atoms with Crippen molar-refractivity contribution in [1.82, 2.24) is 10.4 Å². The number of hydrogen-bond donors (Lipinski definition) is 1. The molecule has 1 heterocycles. The maximum absolute atomic E-state index is 3.81. The Balaban J connectivity index is 1.38. The molecule has 2 nitrogen and oxygen atoms in total. The molecule has 5 rings (SSSR count). The van der Waals surface area contributed by atoms with Gasteiger partial charge in [-0.1, -0.05) is 6.42 Å². The number of nitrogens with one attached hydrogen (secondary N) is 1. The van der Waals surface area contributed by atoms with Crippen LogP contribution < -0.4 is 5.43 Å². The number of piperidine rings is 1. The lowest BCUT2D eigenvalue weighted by molar-refractivity contribution is -0.0616. The van der Waals surface area contributed by atoms with Crippen LogP contribution >= 0.6 is 0 Å². The van der Waals surface area contributed by atoms with E-state index in [0.29, 0.717) is 5.41 Å². The van der Waals surface area contributed by atoms with Gasteiger partial charge in [-0.05, 0) is 74.5 Å². The van der Waals surface area contributed by atoms with E-state index >= 15 is 0 Å². The lowest BCUT2D eigenvalue weighted by Gasteiger charge is -2.57. The largest absolute Gasteiger partial charge is 0.255 e. The van der Waals surface area contributed by atoms with Gasteiger partial charge in [0.25, 0.3) is 0 Å². The molecule has 1 N–H and O–H groups in total. The van der Waals surface area contributed by atoms with E-state index in [-0.39, 0.29) is 0 Å². The summed E-state index contributed by atoms with van der Waals surface area (Å²) < 4.78 is 0. The zero-order valence-corrected chi connectivity index (χ0v) is 11.7. The molecule has 18 heavy (non-hydrogen) atoms. The first-order chi connectivity index (χ1) is 8.81. The van der Waals surface area contributed by atoms with Gasteiger partial charge in [-0.3, -0.25) is 5.43 Å². The summed E-state index contributed by atoms with van der Waals surface area (Å²) in [5.41, 5.74) is 4.51. The number of nitrogens with zero attached hydrogens (tertiary/aromatic N) is 1. The molecule has 4 bridgehead atoms. The monoisotopic (exact) mass is 248 g/mol. The molecular weight excluding hydrogens is 220 g/mol. The predicted octanol–water partition coefficient (Wildman–Crippen LogP) is 3.19. The maximum Gasteiger partial charge on any atom is 0.0159 e. The molecule has 4 aliphatic carbocycles. The van der Waals surface area contributed by atoms with Crippen LogP contribution in [0.1, 0.15) is 57.8 Å². The smallest absolute Gasteiger partial charge is 0.0159 e. The second kappa shape index (κ2) is 4.49. The minimum atomic E-state index is 0.701. The summed E-state index contributed by atoms with van der Waals surface area (Å²) in [6.45, 7) is 3.86. The number of hydrogen-bond acceptors (Lipinski definition) is 2. The molecule has 0 spiro atoms. The summed E-state index contributed by atoms with van der Waals surface area (Å²) in [5.74, 6) is 3.29. The van der Waals surface area contributed by atoms with E-state index in [4.69, 9.17) is 0 Å². The summed E-state index contributed by atoms with van der Waals surface area (Å²) in [4.78, 5) is 0. The second-order valence-corrected chi connectivity index (χ2v) is 7.80. The molecule has 0 radical (unpaired) electrons. The van der Waals surface area contributed by atoms with Crippen LogP contribution in [0.15, 0.2) is 0 Å². The summed E-state index contributed by atoms with van der Waals surface area (Å²) in [6, 6.07) is 0. The van der Waals surface area contributed by atoms with Gasteiger partial charge >= 0.3 is 0 Å². The molecule has 0 aromatic rings. The first-order valence-electron chi connectivity index (χ1n) is 8.30. The Bertz CT molecular complexity index is 271. The summed E-state index contributed by atoms with van der Waals surface area (Å²) >= 11 is 0. The van der Waals surface area contributed by atoms with Crippen LogP contribution in [-0.4, -0.2) is 24.6 Å². The van der Waals surface area contributed by atoms with E-state index in [1.807, 2.05) is 0 Å². The van der Waals surface area contributed by atoms with Crippen LogP contribution in [-0.2, 0) is 0 Å². The summed E-state index contributed by atoms with van der Waals surface area (Å²) in [5, 5.41) is 2.52. The highest BCUT2D eigenvalue weighted by molar-refractivity contribution is 5.02. The number of hydrazine groups is 1. The Kier molecular flexibility index (Phi) is 2.92. The molecule has 0 aromatic heterocycles. The van der Waals surface area contributed by atoms with Gasteiger partial charge in [0.2, 0.25) is 0 Å². The highest BCUT2D eigenvalue weighted by atomic mass is 15.5. The molecular formula is C16H28N2. The van der Waals surface area contributed by atoms with Crippen molar-refractivity contribution in [3.8, 4) is 0 Å². The zero-order valence-electron chi connectivity index (χ0n) is 11.7. The second-order valence-electron chi connectivity index (χ2n) is 7.80. The van der Waals surface area contributed by atoms with Crippen LogP contribution in [0.3, 0.4) is 0 Å². The third kappa shape index (κ3) is 2.12. The Hall–Kier alpha value is -0.0800. The van der Waals surface area contributed by atoms with E-state index in [1.54, 1.807) is 38.5 Å². The molecule has 0 aromatic carbocycles. The minimum absolute atomic E-state index is 0.701. The minimum Gasteiger partial charge on any atom is -0.255 e. The van der Waals surface area contributed by atoms with E-state index in [9.17, 15) is 0 Å². The molecule has 0 atom stereocenters. The molecule has 0 amide bonds. The van der Waals surface area contributed by atoms with Crippen molar-refractivity contribution >= 4 is 0 Å². The van der Waals surface area contributed by atoms with Gasteiger partial charge in [0.15, 0.2) is 0 Å². The zero-order chi connectivity index (χ0) is 12.0. The SMILES string of the molecule is C1CCN(NCC23CC4CC(CC(C4)C2)C3)CC1. The first kappa shape index (κ1) is 11.7. The van der Waals surface area contributed by atoms with Gasteiger partial charge in [-0.25, -0.2) is 5.01 Å². The van der Waals surface area contributed by atoms with Gasteiger partial charge in [0.1, 0.15) is 0 Å². The van der Waals surface area contributed by atoms with Gasteiger partial charge in [-0.2, -0.15) is 0 Å². The van der Waals surface area contributed by atoms with Crippen LogP contribution in [0, 0.1) is 23.2 Å². The quantitative estimate of drug-likeness (QED) is 0.825. The van der Waals surface area contributed by atoms with Crippen LogP contribution in [0.25, 0.3) is 0 Å². The van der Waals surface area contributed by atoms with Crippen LogP contribution in [0.4, 0.5) is 0 Å².